The first-order valence-corrected chi connectivity index (χ1v) is 5.71. The van der Waals surface area contributed by atoms with Gasteiger partial charge in [0.15, 0.2) is 0 Å². The van der Waals surface area contributed by atoms with Crippen LogP contribution < -0.4 is 9.47 Å². The fraction of sp³-hybridized carbons (Fsp3) is 0.133. The lowest BCUT2D eigenvalue weighted by molar-refractivity contribution is 0.350. The largest absolute Gasteiger partial charge is 0.490 e. The number of fused-ring (bicyclic) bond motifs is 1. The Balaban J connectivity index is 2.24. The monoisotopic (exact) mass is 241 g/mol. The molecule has 0 N–H and O–H groups in total. The molecule has 0 spiro atoms. The molecule has 18 heavy (non-hydrogen) atoms. The van der Waals surface area contributed by atoms with Crippen molar-refractivity contribution in [3.63, 3.8) is 0 Å². The van der Waals surface area contributed by atoms with Crippen molar-refractivity contribution in [2.24, 2.45) is 0 Å². The van der Waals surface area contributed by atoms with E-state index in [2.05, 4.69) is 18.1 Å². The van der Waals surface area contributed by atoms with Crippen LogP contribution in [0.1, 0.15) is 0 Å². The Labute approximate surface area is 106 Å². The molecule has 1 heterocycles. The summed E-state index contributed by atoms with van der Waals surface area (Å²) >= 11 is 0. The van der Waals surface area contributed by atoms with Crippen molar-refractivity contribution in [2.45, 2.75) is 0 Å². The van der Waals surface area contributed by atoms with E-state index >= 15 is 0 Å². The van der Waals surface area contributed by atoms with Gasteiger partial charge in [0, 0.05) is 11.5 Å². The van der Waals surface area contributed by atoms with Crippen molar-refractivity contribution in [1.29, 1.82) is 0 Å². The van der Waals surface area contributed by atoms with Crippen LogP contribution in [0.2, 0.25) is 0 Å². The van der Waals surface area contributed by atoms with Crippen LogP contribution in [0.5, 0.6) is 11.6 Å². The molecular formula is C15H15NO2. The summed E-state index contributed by atoms with van der Waals surface area (Å²) in [6.45, 7) is 8.17. The molecule has 0 bridgehead atoms. The van der Waals surface area contributed by atoms with E-state index in [-0.39, 0.29) is 0 Å². The quantitative estimate of drug-likeness (QED) is 0.727. The Morgan fingerprint density at radius 1 is 1.00 bits per heavy atom. The maximum absolute atomic E-state index is 5.47. The lowest BCUT2D eigenvalue weighted by Gasteiger charge is -2.06. The molecule has 0 saturated heterocycles. The lowest BCUT2D eigenvalue weighted by Crippen LogP contribution is -1.96. The van der Waals surface area contributed by atoms with Crippen LogP contribution >= 0.6 is 0 Å². The van der Waals surface area contributed by atoms with Crippen LogP contribution in [0.25, 0.3) is 10.9 Å². The van der Waals surface area contributed by atoms with E-state index in [0.29, 0.717) is 19.1 Å². The number of hydrogen-bond acceptors (Lipinski definition) is 3. The zero-order chi connectivity index (χ0) is 12.8. The molecule has 0 radical (unpaired) electrons. The first kappa shape index (κ1) is 12.2. The molecule has 0 saturated carbocycles. The summed E-state index contributed by atoms with van der Waals surface area (Å²) in [7, 11) is 0. The molecule has 1 aromatic carbocycles. The summed E-state index contributed by atoms with van der Waals surface area (Å²) in [5.74, 6) is 1.41. The zero-order valence-corrected chi connectivity index (χ0v) is 10.1. The SMILES string of the molecule is C=CCOc1ccc2nc(OCC=C)ccc2c1. The van der Waals surface area contributed by atoms with Gasteiger partial charge in [0.1, 0.15) is 19.0 Å². The van der Waals surface area contributed by atoms with E-state index in [1.54, 1.807) is 12.2 Å². The predicted octanol–water partition coefficient (Wildman–Crippen LogP) is 3.36. The molecule has 0 aliphatic rings. The molecule has 2 aromatic rings. The fourth-order valence-corrected chi connectivity index (χ4v) is 1.55. The van der Waals surface area contributed by atoms with Crippen molar-refractivity contribution < 1.29 is 9.47 Å². The second-order valence-electron chi connectivity index (χ2n) is 3.70. The van der Waals surface area contributed by atoms with Crippen LogP contribution in [0.15, 0.2) is 55.6 Å². The molecule has 92 valence electrons. The minimum Gasteiger partial charge on any atom is -0.490 e. The fourth-order valence-electron chi connectivity index (χ4n) is 1.55. The van der Waals surface area contributed by atoms with E-state index in [4.69, 9.17) is 9.47 Å². The molecule has 3 heteroatoms. The van der Waals surface area contributed by atoms with E-state index < -0.39 is 0 Å². The second-order valence-corrected chi connectivity index (χ2v) is 3.70. The van der Waals surface area contributed by atoms with Gasteiger partial charge in [0.05, 0.1) is 5.52 Å². The van der Waals surface area contributed by atoms with Gasteiger partial charge < -0.3 is 9.47 Å². The number of hydrogen-bond donors (Lipinski definition) is 0. The summed E-state index contributed by atoms with van der Waals surface area (Å²) in [4.78, 5) is 4.39. The molecule has 2 rings (SSSR count). The van der Waals surface area contributed by atoms with Gasteiger partial charge in [-0.3, -0.25) is 0 Å². The topological polar surface area (TPSA) is 31.4 Å². The van der Waals surface area contributed by atoms with Crippen molar-refractivity contribution in [3.05, 3.63) is 55.6 Å². The molecule has 0 aliphatic heterocycles. The summed E-state index contributed by atoms with van der Waals surface area (Å²) in [6.07, 6.45) is 3.41. The molecule has 0 amide bonds. The minimum atomic E-state index is 0.457. The van der Waals surface area contributed by atoms with Crippen LogP contribution in [-0.4, -0.2) is 18.2 Å². The standard InChI is InChI=1S/C15H15NO2/c1-3-9-17-13-6-7-14-12(11-13)5-8-15(16-14)18-10-4-2/h3-8,11H,1-2,9-10H2. The van der Waals surface area contributed by atoms with Gasteiger partial charge in [-0.15, -0.1) is 0 Å². The van der Waals surface area contributed by atoms with Gasteiger partial charge in [-0.05, 0) is 24.3 Å². The van der Waals surface area contributed by atoms with Crippen LogP contribution in [0, 0.1) is 0 Å². The van der Waals surface area contributed by atoms with Gasteiger partial charge >= 0.3 is 0 Å². The Bertz CT molecular complexity index is 512. The highest BCUT2D eigenvalue weighted by molar-refractivity contribution is 5.80. The van der Waals surface area contributed by atoms with Gasteiger partial charge in [0.25, 0.3) is 0 Å². The van der Waals surface area contributed by atoms with Gasteiger partial charge in [0.2, 0.25) is 5.88 Å². The number of pyridine rings is 1. The summed E-state index contributed by atoms with van der Waals surface area (Å²) in [6, 6.07) is 9.54. The van der Waals surface area contributed by atoms with E-state index in [9.17, 15) is 0 Å². The van der Waals surface area contributed by atoms with E-state index in [0.717, 1.165) is 16.7 Å². The smallest absolute Gasteiger partial charge is 0.214 e. The first-order valence-electron chi connectivity index (χ1n) is 5.71. The second kappa shape index (κ2) is 5.87. The normalized spacial score (nSPS) is 10.0. The maximum Gasteiger partial charge on any atom is 0.214 e. The summed E-state index contributed by atoms with van der Waals surface area (Å²) < 4.78 is 10.9. The number of ether oxygens (including phenoxy) is 2. The van der Waals surface area contributed by atoms with Crippen LogP contribution in [0.4, 0.5) is 0 Å². The number of aromatic nitrogens is 1. The maximum atomic E-state index is 5.47. The molecule has 0 fully saturated rings. The van der Waals surface area contributed by atoms with E-state index in [1.807, 2.05) is 30.3 Å². The Morgan fingerprint density at radius 3 is 2.56 bits per heavy atom. The Morgan fingerprint density at radius 2 is 1.78 bits per heavy atom. The van der Waals surface area contributed by atoms with Crippen molar-refractivity contribution >= 4 is 10.9 Å². The molecule has 3 nitrogen and oxygen atoms in total. The first-order chi connectivity index (χ1) is 8.83. The highest BCUT2D eigenvalue weighted by atomic mass is 16.5. The van der Waals surface area contributed by atoms with Gasteiger partial charge in [-0.2, -0.15) is 0 Å². The number of benzene rings is 1. The third-order valence-corrected chi connectivity index (χ3v) is 2.35. The number of rotatable bonds is 6. The summed E-state index contributed by atoms with van der Waals surface area (Å²) in [5, 5.41) is 1.02. The molecule has 1 aromatic heterocycles. The minimum absolute atomic E-state index is 0.457. The molecule has 0 aliphatic carbocycles. The molecule has 0 atom stereocenters. The Kier molecular flexibility index (Phi) is 3.97. The molecule has 0 unspecified atom stereocenters. The average molecular weight is 241 g/mol. The van der Waals surface area contributed by atoms with Gasteiger partial charge in [-0.25, -0.2) is 4.98 Å². The summed E-state index contributed by atoms with van der Waals surface area (Å²) in [5.41, 5.74) is 0.877. The highest BCUT2D eigenvalue weighted by Gasteiger charge is 2.00. The average Bonchev–Trinajstić information content (AvgIpc) is 2.42. The zero-order valence-electron chi connectivity index (χ0n) is 10.1. The lowest BCUT2D eigenvalue weighted by atomic mass is 10.2. The third kappa shape index (κ3) is 2.88. The Hall–Kier alpha value is -2.29. The predicted molar refractivity (Wildman–Crippen MR) is 73.1 cm³/mol. The molecular weight excluding hydrogens is 226 g/mol. The van der Waals surface area contributed by atoms with Crippen LogP contribution in [-0.2, 0) is 0 Å². The van der Waals surface area contributed by atoms with Crippen molar-refractivity contribution in [2.75, 3.05) is 13.2 Å². The van der Waals surface area contributed by atoms with Crippen molar-refractivity contribution in [1.82, 2.24) is 4.98 Å². The van der Waals surface area contributed by atoms with E-state index in [1.165, 1.54) is 0 Å². The van der Waals surface area contributed by atoms with Crippen molar-refractivity contribution in [3.8, 4) is 11.6 Å². The van der Waals surface area contributed by atoms with Gasteiger partial charge in [-0.1, -0.05) is 25.3 Å². The third-order valence-electron chi connectivity index (χ3n) is 2.35. The highest BCUT2D eigenvalue weighted by Crippen LogP contribution is 2.22. The van der Waals surface area contributed by atoms with Crippen LogP contribution in [0.3, 0.4) is 0 Å². The number of nitrogens with zero attached hydrogens (tertiary/aromatic N) is 1.